The summed E-state index contributed by atoms with van der Waals surface area (Å²) in [6, 6.07) is 32.6. The van der Waals surface area contributed by atoms with Crippen LogP contribution < -0.4 is 13.3 Å². The Bertz CT molecular complexity index is 592. The van der Waals surface area contributed by atoms with Crippen LogP contribution in [-0.2, 0) is 18.9 Å². The van der Waals surface area contributed by atoms with Gasteiger partial charge in [-0.15, -0.1) is 0 Å². The second kappa shape index (κ2) is 9.45. The minimum atomic E-state index is -1.15. The van der Waals surface area contributed by atoms with Crippen LogP contribution in [0.5, 0.6) is 0 Å². The van der Waals surface area contributed by atoms with Gasteiger partial charge in [-0.05, 0) is 12.8 Å². The van der Waals surface area contributed by atoms with Crippen LogP contribution in [0.3, 0.4) is 0 Å². The zero-order chi connectivity index (χ0) is 16.5. The van der Waals surface area contributed by atoms with E-state index in [1.54, 1.807) is 0 Å². The van der Waals surface area contributed by atoms with Gasteiger partial charge < -0.3 is 4.74 Å². The molecule has 24 heavy (non-hydrogen) atoms. The zero-order valence-electron chi connectivity index (χ0n) is 13.8. The molecule has 3 aromatic carbocycles. The van der Waals surface area contributed by atoms with E-state index in [1.807, 2.05) is 0 Å². The monoisotopic (exact) mass is 355 g/mol. The molecule has 0 atom stereocenters. The van der Waals surface area contributed by atoms with Crippen LogP contribution in [0.4, 0.5) is 0 Å². The van der Waals surface area contributed by atoms with E-state index >= 15 is 0 Å². The standard InChI is InChI=1S/3C6H5.C4H8O.Cr/c3*1-2-4-6-5-3-1;1-2-4-5-3-1;/h3*1-5H;1-4H2;. The van der Waals surface area contributed by atoms with Gasteiger partial charge in [-0.1, -0.05) is 0 Å². The van der Waals surface area contributed by atoms with Crippen LogP contribution in [-0.4, -0.2) is 13.2 Å². The predicted octanol–water partition coefficient (Wildman–Crippen LogP) is 3.38. The molecule has 0 bridgehead atoms. The van der Waals surface area contributed by atoms with E-state index in [4.69, 9.17) is 4.74 Å². The van der Waals surface area contributed by atoms with Crippen molar-refractivity contribution >= 4 is 13.3 Å². The maximum absolute atomic E-state index is 4.94. The Morgan fingerprint density at radius 2 is 0.833 bits per heavy atom. The average Bonchev–Trinajstić information content (AvgIpc) is 3.25. The molecule has 123 valence electrons. The van der Waals surface area contributed by atoms with Crippen molar-refractivity contribution in [2.24, 2.45) is 0 Å². The summed E-state index contributed by atoms with van der Waals surface area (Å²) < 4.78 is 9.32. The van der Waals surface area contributed by atoms with E-state index in [1.165, 1.54) is 26.1 Å². The molecule has 0 aromatic heterocycles. The van der Waals surface area contributed by atoms with Gasteiger partial charge in [0.1, 0.15) is 0 Å². The predicted molar refractivity (Wildman–Crippen MR) is 98.3 cm³/mol. The summed E-state index contributed by atoms with van der Waals surface area (Å²) >= 11 is -1.15. The molecule has 1 aliphatic heterocycles. The maximum atomic E-state index is 4.94. The van der Waals surface area contributed by atoms with Crippen LogP contribution >= 0.6 is 0 Å². The Kier molecular flexibility index (Phi) is 6.69. The minimum absolute atomic E-state index is 1.00. The summed E-state index contributed by atoms with van der Waals surface area (Å²) in [4.78, 5) is 0. The number of hydrogen-bond acceptors (Lipinski definition) is 1. The Balaban J connectivity index is 0.000000290. The first-order valence-electron chi connectivity index (χ1n) is 8.42. The van der Waals surface area contributed by atoms with Crippen molar-refractivity contribution in [1.82, 2.24) is 0 Å². The molecule has 2 heteroatoms. The molecule has 0 amide bonds. The van der Waals surface area contributed by atoms with Gasteiger partial charge in [-0.2, -0.15) is 0 Å². The van der Waals surface area contributed by atoms with Crippen LogP contribution in [0.1, 0.15) is 12.8 Å². The topological polar surface area (TPSA) is 9.23 Å². The third-order valence-electron chi connectivity index (χ3n) is 3.76. The zero-order valence-corrected chi connectivity index (χ0v) is 15.1. The van der Waals surface area contributed by atoms with Gasteiger partial charge in [0, 0.05) is 13.2 Å². The van der Waals surface area contributed by atoms with E-state index in [-0.39, 0.29) is 0 Å². The van der Waals surface area contributed by atoms with E-state index in [9.17, 15) is 0 Å². The molecule has 0 aliphatic carbocycles. The number of benzene rings is 3. The molecule has 0 spiro atoms. The van der Waals surface area contributed by atoms with Gasteiger partial charge in [0.25, 0.3) is 0 Å². The van der Waals surface area contributed by atoms with E-state index < -0.39 is 14.1 Å². The van der Waals surface area contributed by atoms with E-state index in [0.29, 0.717) is 0 Å². The van der Waals surface area contributed by atoms with E-state index in [2.05, 4.69) is 91.0 Å². The van der Waals surface area contributed by atoms with Crippen molar-refractivity contribution in [3.8, 4) is 0 Å². The molecule has 0 unspecified atom stereocenters. The van der Waals surface area contributed by atoms with Crippen molar-refractivity contribution in [3.05, 3.63) is 91.0 Å². The van der Waals surface area contributed by atoms with E-state index in [0.717, 1.165) is 13.2 Å². The van der Waals surface area contributed by atoms with Gasteiger partial charge in [0.05, 0.1) is 0 Å². The quantitative estimate of drug-likeness (QED) is 0.700. The summed E-state index contributed by atoms with van der Waals surface area (Å²) in [6.07, 6.45) is 2.56. The summed E-state index contributed by atoms with van der Waals surface area (Å²) in [6.45, 7) is 2.00. The third kappa shape index (κ3) is 4.82. The second-order valence-electron chi connectivity index (χ2n) is 5.56. The van der Waals surface area contributed by atoms with Gasteiger partial charge in [0.2, 0.25) is 0 Å². The summed E-state index contributed by atoms with van der Waals surface area (Å²) in [5.41, 5.74) is 0. The molecular formula is C22H23CrO. The molecule has 1 saturated heterocycles. The fraction of sp³-hybridized carbons (Fsp3) is 0.182. The normalized spacial score (nSPS) is 13.4. The molecular weight excluding hydrogens is 332 g/mol. The Labute approximate surface area is 149 Å². The number of rotatable bonds is 3. The first kappa shape index (κ1) is 17.0. The van der Waals surface area contributed by atoms with Crippen molar-refractivity contribution in [3.63, 3.8) is 0 Å². The Hall–Kier alpha value is -1.85. The first-order chi connectivity index (χ1) is 11.9. The van der Waals surface area contributed by atoms with Crippen LogP contribution in [0.2, 0.25) is 0 Å². The summed E-state index contributed by atoms with van der Waals surface area (Å²) in [7, 11) is 0. The summed E-state index contributed by atoms with van der Waals surface area (Å²) in [5, 5.41) is 0. The van der Waals surface area contributed by atoms with Crippen LogP contribution in [0, 0.1) is 0 Å². The molecule has 3 aromatic rings. The first-order valence-corrected chi connectivity index (χ1v) is 10.3. The molecule has 1 nitrogen and oxygen atoms in total. The molecule has 1 fully saturated rings. The second-order valence-corrected chi connectivity index (χ2v) is 8.73. The SMILES string of the molecule is C1CCOC1.c1cc[c]([Cr]([c]2ccccc2)[c]2ccccc2)cc1. The van der Waals surface area contributed by atoms with Gasteiger partial charge in [-0.3, -0.25) is 0 Å². The van der Waals surface area contributed by atoms with Crippen LogP contribution in [0.15, 0.2) is 91.0 Å². The van der Waals surface area contributed by atoms with Gasteiger partial charge in [0.15, 0.2) is 0 Å². The third-order valence-corrected chi connectivity index (χ3v) is 7.25. The van der Waals surface area contributed by atoms with Crippen molar-refractivity contribution in [2.45, 2.75) is 12.8 Å². The molecule has 1 aliphatic rings. The number of ether oxygens (including phenoxy) is 1. The molecule has 0 saturated carbocycles. The van der Waals surface area contributed by atoms with Crippen molar-refractivity contribution < 1.29 is 18.9 Å². The molecule has 0 radical (unpaired) electrons. The van der Waals surface area contributed by atoms with Gasteiger partial charge in [-0.25, -0.2) is 0 Å². The fourth-order valence-electron chi connectivity index (χ4n) is 2.59. The van der Waals surface area contributed by atoms with Crippen molar-refractivity contribution in [1.29, 1.82) is 0 Å². The molecule has 4 rings (SSSR count). The number of hydrogen-bond donors (Lipinski definition) is 0. The van der Waals surface area contributed by atoms with Gasteiger partial charge >= 0.3 is 118 Å². The average molecular weight is 355 g/mol. The Morgan fingerprint density at radius 3 is 1.08 bits per heavy atom. The Morgan fingerprint density at radius 1 is 0.500 bits per heavy atom. The van der Waals surface area contributed by atoms with Crippen molar-refractivity contribution in [2.75, 3.05) is 13.2 Å². The van der Waals surface area contributed by atoms with Crippen LogP contribution in [0.25, 0.3) is 0 Å². The molecule has 0 N–H and O–H groups in total. The molecule has 1 heterocycles. The summed E-state index contributed by atoms with van der Waals surface area (Å²) in [5.74, 6) is 0. The fourth-order valence-corrected chi connectivity index (χ4v) is 5.87.